The highest BCUT2D eigenvalue weighted by Gasteiger charge is 2.09. The summed E-state index contributed by atoms with van der Waals surface area (Å²) in [6, 6.07) is 1.66. The van der Waals surface area contributed by atoms with Gasteiger partial charge in [0.25, 0.3) is 0 Å². The van der Waals surface area contributed by atoms with Gasteiger partial charge in [-0.1, -0.05) is 0 Å². The van der Waals surface area contributed by atoms with Crippen LogP contribution in [0.15, 0.2) is 12.3 Å². The van der Waals surface area contributed by atoms with Crippen molar-refractivity contribution >= 4 is 5.82 Å². The molecule has 0 aliphatic rings. The summed E-state index contributed by atoms with van der Waals surface area (Å²) in [5, 5.41) is 5.83. The first-order chi connectivity index (χ1) is 7.69. The quantitative estimate of drug-likeness (QED) is 0.771. The maximum Gasteiger partial charge on any atom is 0.169 e. The van der Waals surface area contributed by atoms with E-state index >= 15 is 0 Å². The third-order valence-corrected chi connectivity index (χ3v) is 2.30. The van der Waals surface area contributed by atoms with Crippen molar-refractivity contribution in [3.63, 3.8) is 0 Å². The number of hydrogen-bond donors (Lipinski definition) is 2. The monoisotopic (exact) mass is 227 g/mol. The number of methoxy groups -OCH3 is 1. The van der Waals surface area contributed by atoms with Crippen molar-refractivity contribution in [1.82, 2.24) is 10.3 Å². The van der Waals surface area contributed by atoms with Crippen molar-refractivity contribution in [1.29, 1.82) is 0 Å². The number of hydrogen-bond acceptors (Lipinski definition) is 4. The van der Waals surface area contributed by atoms with Gasteiger partial charge in [0.05, 0.1) is 6.10 Å². The van der Waals surface area contributed by atoms with E-state index < -0.39 is 0 Å². The molecule has 5 heteroatoms. The minimum atomic E-state index is -0.305. The van der Waals surface area contributed by atoms with E-state index in [-0.39, 0.29) is 17.7 Å². The first-order valence-electron chi connectivity index (χ1n) is 5.23. The smallest absolute Gasteiger partial charge is 0.169 e. The summed E-state index contributed by atoms with van der Waals surface area (Å²) in [6.45, 7) is 2.93. The average molecular weight is 227 g/mol. The van der Waals surface area contributed by atoms with Gasteiger partial charge in [0.1, 0.15) is 0 Å². The Labute approximate surface area is 95.2 Å². The number of rotatable bonds is 6. The number of aromatic nitrogens is 1. The van der Waals surface area contributed by atoms with Crippen LogP contribution in [0.1, 0.15) is 12.5 Å². The lowest BCUT2D eigenvalue weighted by atomic mass is 10.2. The Hall–Kier alpha value is -1.20. The number of nitrogens with zero attached hydrogens (tertiary/aromatic N) is 1. The Morgan fingerprint density at radius 1 is 1.56 bits per heavy atom. The van der Waals surface area contributed by atoms with Gasteiger partial charge < -0.3 is 15.4 Å². The molecule has 0 spiro atoms. The molecule has 0 saturated heterocycles. The average Bonchev–Trinajstić information content (AvgIpc) is 2.30. The molecule has 90 valence electrons. The summed E-state index contributed by atoms with van der Waals surface area (Å²) in [5.41, 5.74) is 0.602. The zero-order valence-electron chi connectivity index (χ0n) is 9.88. The van der Waals surface area contributed by atoms with Gasteiger partial charge in [-0.15, -0.1) is 0 Å². The van der Waals surface area contributed by atoms with Crippen LogP contribution >= 0.6 is 0 Å². The SMILES string of the molecule is CNCc1ccnc(NCC(C)OC)c1F. The van der Waals surface area contributed by atoms with Crippen molar-refractivity contribution in [2.24, 2.45) is 0 Å². The fourth-order valence-electron chi connectivity index (χ4n) is 1.26. The highest BCUT2D eigenvalue weighted by Crippen LogP contribution is 2.14. The fourth-order valence-corrected chi connectivity index (χ4v) is 1.26. The molecule has 0 aliphatic heterocycles. The molecule has 0 aromatic carbocycles. The second kappa shape index (κ2) is 6.40. The summed E-state index contributed by atoms with van der Waals surface area (Å²) in [7, 11) is 3.40. The minimum Gasteiger partial charge on any atom is -0.380 e. The third kappa shape index (κ3) is 3.43. The molecule has 0 saturated carbocycles. The molecular weight excluding hydrogens is 209 g/mol. The number of halogens is 1. The van der Waals surface area contributed by atoms with Gasteiger partial charge in [-0.25, -0.2) is 9.37 Å². The van der Waals surface area contributed by atoms with E-state index in [1.54, 1.807) is 26.4 Å². The lowest BCUT2D eigenvalue weighted by Gasteiger charge is -2.13. The standard InChI is InChI=1S/C11H18FN3O/c1-8(16-3)6-15-11-10(12)9(7-13-2)4-5-14-11/h4-5,8,13H,6-7H2,1-3H3,(H,14,15). The van der Waals surface area contributed by atoms with Crippen LogP contribution in [0.3, 0.4) is 0 Å². The van der Waals surface area contributed by atoms with Crippen LogP contribution in [0, 0.1) is 5.82 Å². The van der Waals surface area contributed by atoms with E-state index in [1.807, 2.05) is 6.92 Å². The lowest BCUT2D eigenvalue weighted by molar-refractivity contribution is 0.128. The van der Waals surface area contributed by atoms with Crippen molar-refractivity contribution in [3.8, 4) is 0 Å². The van der Waals surface area contributed by atoms with Crippen LogP contribution in [0.2, 0.25) is 0 Å². The van der Waals surface area contributed by atoms with Crippen LogP contribution in [-0.2, 0) is 11.3 Å². The van der Waals surface area contributed by atoms with Crippen LogP contribution in [0.25, 0.3) is 0 Å². The van der Waals surface area contributed by atoms with Crippen LogP contribution < -0.4 is 10.6 Å². The summed E-state index contributed by atoms with van der Waals surface area (Å²) in [6.07, 6.45) is 1.62. The Morgan fingerprint density at radius 3 is 2.94 bits per heavy atom. The minimum absolute atomic E-state index is 0.0224. The predicted octanol–water partition coefficient (Wildman–Crippen LogP) is 1.39. The molecule has 1 aromatic rings. The molecule has 4 nitrogen and oxygen atoms in total. The van der Waals surface area contributed by atoms with Crippen molar-refractivity contribution < 1.29 is 9.13 Å². The molecule has 0 radical (unpaired) electrons. The summed E-state index contributed by atoms with van der Waals surface area (Å²) in [5.74, 6) is -0.0307. The summed E-state index contributed by atoms with van der Waals surface area (Å²) in [4.78, 5) is 3.96. The molecular formula is C11H18FN3O. The normalized spacial score (nSPS) is 12.5. The van der Waals surface area contributed by atoms with Crippen molar-refractivity contribution in [3.05, 3.63) is 23.6 Å². The number of anilines is 1. The van der Waals surface area contributed by atoms with Gasteiger partial charge in [-0.05, 0) is 20.0 Å². The molecule has 0 amide bonds. The zero-order valence-corrected chi connectivity index (χ0v) is 9.88. The van der Waals surface area contributed by atoms with Gasteiger partial charge in [0.2, 0.25) is 0 Å². The van der Waals surface area contributed by atoms with Crippen molar-refractivity contribution in [2.45, 2.75) is 19.6 Å². The highest BCUT2D eigenvalue weighted by molar-refractivity contribution is 5.39. The first-order valence-corrected chi connectivity index (χ1v) is 5.23. The van der Waals surface area contributed by atoms with Crippen LogP contribution in [0.4, 0.5) is 10.2 Å². The maximum atomic E-state index is 13.8. The van der Waals surface area contributed by atoms with Crippen LogP contribution in [0.5, 0.6) is 0 Å². The molecule has 0 fully saturated rings. The van der Waals surface area contributed by atoms with Gasteiger partial charge >= 0.3 is 0 Å². The summed E-state index contributed by atoms with van der Waals surface area (Å²) < 4.78 is 18.9. The maximum absolute atomic E-state index is 13.8. The van der Waals surface area contributed by atoms with Gasteiger partial charge in [0.15, 0.2) is 11.6 Å². The predicted molar refractivity (Wildman–Crippen MR) is 61.9 cm³/mol. The first kappa shape index (κ1) is 12.9. The highest BCUT2D eigenvalue weighted by atomic mass is 19.1. The second-order valence-electron chi connectivity index (χ2n) is 3.59. The van der Waals surface area contributed by atoms with E-state index in [1.165, 1.54) is 0 Å². The number of ether oxygens (including phenoxy) is 1. The summed E-state index contributed by atoms with van der Waals surface area (Å²) >= 11 is 0. The Kier molecular flexibility index (Phi) is 5.14. The fraction of sp³-hybridized carbons (Fsp3) is 0.545. The second-order valence-corrected chi connectivity index (χ2v) is 3.59. The Balaban J connectivity index is 2.69. The molecule has 16 heavy (non-hydrogen) atoms. The molecule has 1 aromatic heterocycles. The zero-order chi connectivity index (χ0) is 12.0. The molecule has 2 N–H and O–H groups in total. The molecule has 1 rings (SSSR count). The van der Waals surface area contributed by atoms with Crippen LogP contribution in [-0.4, -0.2) is 31.8 Å². The lowest BCUT2D eigenvalue weighted by Crippen LogP contribution is -2.20. The van der Waals surface area contributed by atoms with E-state index in [4.69, 9.17) is 4.74 Å². The topological polar surface area (TPSA) is 46.2 Å². The van der Waals surface area contributed by atoms with E-state index in [0.29, 0.717) is 18.7 Å². The third-order valence-electron chi connectivity index (χ3n) is 2.30. The van der Waals surface area contributed by atoms with E-state index in [9.17, 15) is 4.39 Å². The van der Waals surface area contributed by atoms with E-state index in [0.717, 1.165) is 0 Å². The van der Waals surface area contributed by atoms with Gasteiger partial charge in [-0.3, -0.25) is 0 Å². The molecule has 0 bridgehead atoms. The van der Waals surface area contributed by atoms with E-state index in [2.05, 4.69) is 15.6 Å². The molecule has 1 atom stereocenters. The van der Waals surface area contributed by atoms with Gasteiger partial charge in [-0.2, -0.15) is 0 Å². The Morgan fingerprint density at radius 2 is 2.31 bits per heavy atom. The molecule has 1 unspecified atom stereocenters. The van der Waals surface area contributed by atoms with Crippen molar-refractivity contribution in [2.75, 3.05) is 26.0 Å². The molecule has 1 heterocycles. The number of pyridine rings is 1. The Bertz CT molecular complexity index is 333. The largest absolute Gasteiger partial charge is 0.380 e. The molecule has 0 aliphatic carbocycles. The van der Waals surface area contributed by atoms with Gasteiger partial charge in [0, 0.05) is 32.0 Å². The number of nitrogens with one attached hydrogen (secondary N) is 2.